The van der Waals surface area contributed by atoms with E-state index in [1.165, 1.54) is 0 Å². The van der Waals surface area contributed by atoms with Gasteiger partial charge in [-0.3, -0.25) is 19.3 Å². The second-order valence-electron chi connectivity index (χ2n) is 6.05. The Morgan fingerprint density at radius 1 is 1.31 bits per heavy atom. The number of halogens is 1. The van der Waals surface area contributed by atoms with E-state index in [1.807, 2.05) is 6.92 Å². The number of imide groups is 1. The van der Waals surface area contributed by atoms with Crippen molar-refractivity contribution in [3.05, 3.63) is 27.1 Å². The molecule has 1 saturated heterocycles. The van der Waals surface area contributed by atoms with E-state index in [-0.39, 0.29) is 17.6 Å². The number of thioether (sulfide) groups is 1. The van der Waals surface area contributed by atoms with Gasteiger partial charge in [-0.2, -0.15) is 0 Å². The zero-order valence-corrected chi connectivity index (χ0v) is 18.6. The first-order chi connectivity index (χ1) is 13.8. The van der Waals surface area contributed by atoms with Gasteiger partial charge >= 0.3 is 5.97 Å². The van der Waals surface area contributed by atoms with Crippen LogP contribution in [0.4, 0.5) is 4.79 Å². The van der Waals surface area contributed by atoms with E-state index in [2.05, 4.69) is 21.9 Å². The molecule has 0 atom stereocenters. The van der Waals surface area contributed by atoms with Crippen molar-refractivity contribution in [2.45, 2.75) is 26.9 Å². The molecule has 0 radical (unpaired) electrons. The minimum absolute atomic E-state index is 0.0806. The molecule has 29 heavy (non-hydrogen) atoms. The van der Waals surface area contributed by atoms with Crippen LogP contribution in [0, 0.1) is 12.3 Å². The fourth-order valence-electron chi connectivity index (χ4n) is 2.37. The molecular weight excluding hydrogens is 462 g/mol. The van der Waals surface area contributed by atoms with Gasteiger partial charge in [-0.15, -0.1) is 6.42 Å². The van der Waals surface area contributed by atoms with Crippen LogP contribution >= 0.6 is 27.7 Å². The first-order valence-corrected chi connectivity index (χ1v) is 10.3. The lowest BCUT2D eigenvalue weighted by atomic mass is 10.2. The lowest BCUT2D eigenvalue weighted by Crippen LogP contribution is -2.35. The molecule has 1 aromatic rings. The quantitative estimate of drug-likeness (QED) is 0.316. The highest BCUT2D eigenvalue weighted by atomic mass is 79.9. The zero-order valence-electron chi connectivity index (χ0n) is 16.2. The Balaban J connectivity index is 2.28. The smallest absolute Gasteiger partial charge is 0.326 e. The SMILES string of the molecule is C#CCOc1cc(Br)c(/C=C2/SC(=O)N(CC(=O)OC(C)C)C2=O)cc1OCC. The van der Waals surface area contributed by atoms with Crippen LogP contribution in [0.5, 0.6) is 11.5 Å². The number of hydrogen-bond acceptors (Lipinski definition) is 7. The highest BCUT2D eigenvalue weighted by Crippen LogP contribution is 2.38. The molecule has 2 rings (SSSR count). The fraction of sp³-hybridized carbons (Fsp3) is 0.350. The van der Waals surface area contributed by atoms with Crippen LogP contribution < -0.4 is 9.47 Å². The molecule has 0 aliphatic carbocycles. The summed E-state index contributed by atoms with van der Waals surface area (Å²) in [5, 5.41) is -0.530. The van der Waals surface area contributed by atoms with Crippen molar-refractivity contribution < 1.29 is 28.6 Å². The second kappa shape index (κ2) is 10.4. The number of terminal acetylenes is 1. The van der Waals surface area contributed by atoms with Gasteiger partial charge in [0, 0.05) is 4.47 Å². The van der Waals surface area contributed by atoms with Crippen LogP contribution in [0.1, 0.15) is 26.3 Å². The van der Waals surface area contributed by atoms with E-state index in [0.717, 1.165) is 16.7 Å². The van der Waals surface area contributed by atoms with E-state index >= 15 is 0 Å². The number of carbonyl (C=O) groups is 3. The normalized spacial score (nSPS) is 15.0. The third kappa shape index (κ3) is 6.02. The number of hydrogen-bond donors (Lipinski definition) is 0. The minimum Gasteiger partial charge on any atom is -0.490 e. The van der Waals surface area contributed by atoms with Gasteiger partial charge < -0.3 is 14.2 Å². The monoisotopic (exact) mass is 481 g/mol. The van der Waals surface area contributed by atoms with E-state index in [0.29, 0.717) is 28.1 Å². The molecule has 1 fully saturated rings. The van der Waals surface area contributed by atoms with Crippen LogP contribution in [0.15, 0.2) is 21.5 Å². The summed E-state index contributed by atoms with van der Waals surface area (Å²) in [7, 11) is 0. The molecule has 0 N–H and O–H groups in total. The highest BCUT2D eigenvalue weighted by molar-refractivity contribution is 9.10. The molecule has 0 spiro atoms. The number of nitrogens with zero attached hydrogens (tertiary/aromatic N) is 1. The molecule has 0 bridgehead atoms. The molecule has 0 saturated carbocycles. The zero-order chi connectivity index (χ0) is 21.6. The van der Waals surface area contributed by atoms with Crippen LogP contribution in [-0.4, -0.2) is 47.9 Å². The number of amides is 2. The highest BCUT2D eigenvalue weighted by Gasteiger charge is 2.37. The number of esters is 1. The molecule has 0 unspecified atom stereocenters. The number of benzene rings is 1. The lowest BCUT2D eigenvalue weighted by Gasteiger charge is -2.14. The van der Waals surface area contributed by atoms with Crippen molar-refractivity contribution in [2.75, 3.05) is 19.8 Å². The topological polar surface area (TPSA) is 82.1 Å². The summed E-state index contributed by atoms with van der Waals surface area (Å²) in [6.45, 7) is 5.27. The van der Waals surface area contributed by atoms with Crippen LogP contribution in [0.2, 0.25) is 0 Å². The molecule has 1 aromatic carbocycles. The van der Waals surface area contributed by atoms with Crippen molar-refractivity contribution in [3.63, 3.8) is 0 Å². The third-order valence-electron chi connectivity index (χ3n) is 3.49. The van der Waals surface area contributed by atoms with E-state index < -0.39 is 23.7 Å². The van der Waals surface area contributed by atoms with Gasteiger partial charge in [-0.1, -0.05) is 21.9 Å². The van der Waals surface area contributed by atoms with Crippen molar-refractivity contribution >= 4 is 50.9 Å². The van der Waals surface area contributed by atoms with Crippen LogP contribution in [0.3, 0.4) is 0 Å². The maximum atomic E-state index is 12.6. The Morgan fingerprint density at radius 3 is 2.62 bits per heavy atom. The minimum atomic E-state index is -0.640. The third-order valence-corrected chi connectivity index (χ3v) is 5.08. The second-order valence-corrected chi connectivity index (χ2v) is 7.90. The largest absolute Gasteiger partial charge is 0.490 e. The van der Waals surface area contributed by atoms with Crippen molar-refractivity contribution in [3.8, 4) is 23.8 Å². The molecule has 2 amide bonds. The summed E-state index contributed by atoms with van der Waals surface area (Å²) in [6.07, 6.45) is 6.45. The summed E-state index contributed by atoms with van der Waals surface area (Å²) in [5.74, 6) is 2.10. The average Bonchev–Trinajstić information content (AvgIpc) is 2.90. The number of rotatable bonds is 8. The van der Waals surface area contributed by atoms with Crippen LogP contribution in [-0.2, 0) is 14.3 Å². The average molecular weight is 482 g/mol. The summed E-state index contributed by atoms with van der Waals surface area (Å²) in [4.78, 5) is 37.6. The molecule has 1 aliphatic heterocycles. The molecule has 0 aromatic heterocycles. The predicted molar refractivity (Wildman–Crippen MR) is 114 cm³/mol. The standard InChI is InChI=1S/C20H20BrNO6S/c1-5-7-27-16-10-14(21)13(8-15(16)26-6-2)9-17-19(24)22(20(25)29-17)11-18(23)28-12(3)4/h1,8-10,12H,6-7,11H2,2-4H3/b17-9+. The fourth-order valence-corrected chi connectivity index (χ4v) is 3.63. The maximum absolute atomic E-state index is 12.6. The van der Waals surface area contributed by atoms with Gasteiger partial charge in [0.25, 0.3) is 11.1 Å². The summed E-state index contributed by atoms with van der Waals surface area (Å²) in [6, 6.07) is 3.36. The van der Waals surface area contributed by atoms with Crippen molar-refractivity contribution in [1.82, 2.24) is 4.90 Å². The summed E-state index contributed by atoms with van der Waals surface area (Å²) >= 11 is 4.18. The molecule has 154 valence electrons. The number of carbonyl (C=O) groups excluding carboxylic acids is 3. The summed E-state index contributed by atoms with van der Waals surface area (Å²) < 4.78 is 16.7. The summed E-state index contributed by atoms with van der Waals surface area (Å²) in [5.41, 5.74) is 0.608. The van der Waals surface area contributed by atoms with Gasteiger partial charge in [0.05, 0.1) is 17.6 Å². The van der Waals surface area contributed by atoms with Crippen molar-refractivity contribution in [1.29, 1.82) is 0 Å². The Morgan fingerprint density at radius 2 is 2.00 bits per heavy atom. The van der Waals surface area contributed by atoms with Crippen LogP contribution in [0.25, 0.3) is 6.08 Å². The van der Waals surface area contributed by atoms with Gasteiger partial charge in [0.1, 0.15) is 13.2 Å². The van der Waals surface area contributed by atoms with Gasteiger partial charge in [0.2, 0.25) is 0 Å². The van der Waals surface area contributed by atoms with E-state index in [9.17, 15) is 14.4 Å². The molecule has 9 heteroatoms. The predicted octanol–water partition coefficient (Wildman–Crippen LogP) is 3.85. The molecule has 1 heterocycles. The Kier molecular flexibility index (Phi) is 8.17. The first kappa shape index (κ1) is 22.8. The lowest BCUT2D eigenvalue weighted by molar-refractivity contribution is -0.149. The Hall–Kier alpha value is -2.44. The van der Waals surface area contributed by atoms with Gasteiger partial charge in [-0.05, 0) is 56.3 Å². The molecule has 7 nitrogen and oxygen atoms in total. The Labute approximate surface area is 181 Å². The Bertz CT molecular complexity index is 890. The first-order valence-electron chi connectivity index (χ1n) is 8.74. The maximum Gasteiger partial charge on any atom is 0.326 e. The van der Waals surface area contributed by atoms with Gasteiger partial charge in [-0.25, -0.2) is 0 Å². The van der Waals surface area contributed by atoms with E-state index in [1.54, 1.807) is 32.1 Å². The van der Waals surface area contributed by atoms with Crippen molar-refractivity contribution in [2.24, 2.45) is 0 Å². The van der Waals surface area contributed by atoms with Gasteiger partial charge in [0.15, 0.2) is 11.5 Å². The molecular formula is C20H20BrNO6S. The molecule has 1 aliphatic rings. The van der Waals surface area contributed by atoms with E-state index in [4.69, 9.17) is 20.6 Å². The number of ether oxygens (including phenoxy) is 3.